The van der Waals surface area contributed by atoms with Crippen molar-refractivity contribution in [1.29, 1.82) is 0 Å². The largest absolute Gasteiger partial charge is 0.328 e. The Morgan fingerprint density at radius 1 is 1.25 bits per heavy atom. The van der Waals surface area contributed by atoms with Crippen molar-refractivity contribution in [2.75, 3.05) is 0 Å². The van der Waals surface area contributed by atoms with E-state index in [0.29, 0.717) is 18.4 Å². The maximum absolute atomic E-state index is 13.1. The molecular formula is C15H15FN2O2. The fourth-order valence-electron chi connectivity index (χ4n) is 2.63. The van der Waals surface area contributed by atoms with E-state index in [2.05, 4.69) is 12.1 Å². The molecule has 2 aromatic rings. The zero-order valence-corrected chi connectivity index (χ0v) is 10.9. The fourth-order valence-corrected chi connectivity index (χ4v) is 2.63. The summed E-state index contributed by atoms with van der Waals surface area (Å²) in [6, 6.07) is 10.2. The summed E-state index contributed by atoms with van der Waals surface area (Å²) in [5.74, 6) is 0.152. The van der Waals surface area contributed by atoms with E-state index in [4.69, 9.17) is 0 Å². The molecule has 1 aromatic carbocycles. The first-order chi connectivity index (χ1) is 9.65. The number of hydrogen-bond acceptors (Lipinski definition) is 2. The smallest absolute Gasteiger partial charge is 0.298 e. The van der Waals surface area contributed by atoms with Crippen molar-refractivity contribution in [3.05, 3.63) is 68.7 Å². The first-order valence-corrected chi connectivity index (χ1v) is 6.69. The lowest BCUT2D eigenvalue weighted by molar-refractivity contribution is 0.520. The van der Waals surface area contributed by atoms with Gasteiger partial charge in [0.05, 0.1) is 6.20 Å². The SMILES string of the molecule is O=c1[nH]c(=O)n(CC[C@H]2C[C@H]2c2ccccc2)cc1F. The zero-order valence-electron chi connectivity index (χ0n) is 10.9. The van der Waals surface area contributed by atoms with Crippen LogP contribution in [0.15, 0.2) is 46.1 Å². The lowest BCUT2D eigenvalue weighted by atomic mass is 10.1. The number of aromatic amines is 1. The Kier molecular flexibility index (Phi) is 3.26. The minimum atomic E-state index is -0.958. The van der Waals surface area contributed by atoms with Crippen molar-refractivity contribution in [3.8, 4) is 0 Å². The highest BCUT2D eigenvalue weighted by molar-refractivity contribution is 5.25. The lowest BCUT2D eigenvalue weighted by Gasteiger charge is -2.04. The van der Waals surface area contributed by atoms with Gasteiger partial charge in [0.2, 0.25) is 5.82 Å². The predicted octanol–water partition coefficient (Wildman–Crippen LogP) is 1.87. The summed E-state index contributed by atoms with van der Waals surface area (Å²) in [7, 11) is 0. The van der Waals surface area contributed by atoms with Crippen molar-refractivity contribution in [1.82, 2.24) is 9.55 Å². The first kappa shape index (κ1) is 12.8. The molecule has 0 aliphatic heterocycles. The van der Waals surface area contributed by atoms with Crippen molar-refractivity contribution < 1.29 is 4.39 Å². The summed E-state index contributed by atoms with van der Waals surface area (Å²) in [5, 5.41) is 0. The molecule has 0 spiro atoms. The van der Waals surface area contributed by atoms with E-state index in [0.717, 1.165) is 19.0 Å². The zero-order chi connectivity index (χ0) is 14.1. The van der Waals surface area contributed by atoms with Crippen LogP contribution < -0.4 is 11.2 Å². The predicted molar refractivity (Wildman–Crippen MR) is 73.2 cm³/mol. The van der Waals surface area contributed by atoms with Crippen molar-refractivity contribution in [3.63, 3.8) is 0 Å². The second-order valence-corrected chi connectivity index (χ2v) is 5.23. The standard InChI is InChI=1S/C15H15FN2O2/c16-13-9-18(15(20)17-14(13)19)7-6-11-8-12(11)10-4-2-1-3-5-10/h1-5,9,11-12H,6-8H2,(H,17,19,20)/t11-,12-/m0/s1. The Hall–Kier alpha value is -2.17. The van der Waals surface area contributed by atoms with Gasteiger partial charge in [-0.05, 0) is 30.2 Å². The molecule has 3 rings (SSSR count). The van der Waals surface area contributed by atoms with E-state index < -0.39 is 17.1 Å². The first-order valence-electron chi connectivity index (χ1n) is 6.69. The van der Waals surface area contributed by atoms with Gasteiger partial charge in [0.1, 0.15) is 0 Å². The third-order valence-electron chi connectivity index (χ3n) is 3.86. The fraction of sp³-hybridized carbons (Fsp3) is 0.333. The average molecular weight is 274 g/mol. The van der Waals surface area contributed by atoms with Crippen molar-refractivity contribution >= 4 is 0 Å². The van der Waals surface area contributed by atoms with Crippen LogP contribution in [-0.2, 0) is 6.54 Å². The number of H-pyrrole nitrogens is 1. The Morgan fingerprint density at radius 2 is 2.00 bits per heavy atom. The second kappa shape index (κ2) is 5.07. The lowest BCUT2D eigenvalue weighted by Crippen LogP contribution is -2.31. The van der Waals surface area contributed by atoms with Gasteiger partial charge >= 0.3 is 5.69 Å². The Bertz CT molecular complexity index is 721. The number of hydrogen-bond donors (Lipinski definition) is 1. The van der Waals surface area contributed by atoms with Crippen LogP contribution in [0.3, 0.4) is 0 Å². The van der Waals surface area contributed by atoms with E-state index in [9.17, 15) is 14.0 Å². The molecule has 4 nitrogen and oxygen atoms in total. The Labute approximate surface area is 114 Å². The minimum absolute atomic E-state index is 0.431. The Morgan fingerprint density at radius 3 is 2.75 bits per heavy atom. The van der Waals surface area contributed by atoms with Gasteiger partial charge in [-0.25, -0.2) is 4.79 Å². The van der Waals surface area contributed by atoms with Gasteiger partial charge in [0.25, 0.3) is 5.56 Å². The van der Waals surface area contributed by atoms with Gasteiger partial charge in [0, 0.05) is 6.54 Å². The van der Waals surface area contributed by atoms with Gasteiger partial charge in [-0.2, -0.15) is 4.39 Å². The molecule has 0 radical (unpaired) electrons. The molecule has 5 heteroatoms. The molecule has 0 unspecified atom stereocenters. The molecule has 1 aliphatic carbocycles. The topological polar surface area (TPSA) is 54.9 Å². The number of nitrogens with one attached hydrogen (secondary N) is 1. The van der Waals surface area contributed by atoms with Gasteiger partial charge < -0.3 is 0 Å². The quantitative estimate of drug-likeness (QED) is 0.925. The molecule has 1 aromatic heterocycles. The van der Waals surface area contributed by atoms with E-state index >= 15 is 0 Å². The number of rotatable bonds is 4. The second-order valence-electron chi connectivity index (χ2n) is 5.23. The molecule has 0 saturated heterocycles. The molecule has 1 N–H and O–H groups in total. The Balaban J connectivity index is 1.64. The van der Waals surface area contributed by atoms with Gasteiger partial charge in [-0.15, -0.1) is 0 Å². The van der Waals surface area contributed by atoms with E-state index in [1.165, 1.54) is 10.1 Å². The van der Waals surface area contributed by atoms with Crippen LogP contribution in [0.2, 0.25) is 0 Å². The molecule has 2 atom stereocenters. The molecule has 104 valence electrons. The van der Waals surface area contributed by atoms with Crippen LogP contribution in [0, 0.1) is 11.7 Å². The third kappa shape index (κ3) is 2.57. The summed E-state index contributed by atoms with van der Waals surface area (Å²) in [4.78, 5) is 24.4. The van der Waals surface area contributed by atoms with Crippen molar-refractivity contribution in [2.45, 2.75) is 25.3 Å². The van der Waals surface area contributed by atoms with Crippen LogP contribution in [0.1, 0.15) is 24.3 Å². The molecule has 1 saturated carbocycles. The monoisotopic (exact) mass is 274 g/mol. The summed E-state index contributed by atoms with van der Waals surface area (Å²) < 4.78 is 14.4. The molecular weight excluding hydrogens is 259 g/mol. The van der Waals surface area contributed by atoms with E-state index in [1.807, 2.05) is 23.2 Å². The maximum Gasteiger partial charge on any atom is 0.328 e. The molecule has 20 heavy (non-hydrogen) atoms. The highest BCUT2D eigenvalue weighted by Gasteiger charge is 2.37. The van der Waals surface area contributed by atoms with Gasteiger partial charge in [-0.3, -0.25) is 14.3 Å². The van der Waals surface area contributed by atoms with Crippen LogP contribution in [0.4, 0.5) is 4.39 Å². The molecule has 1 aliphatic rings. The number of aryl methyl sites for hydroxylation is 1. The minimum Gasteiger partial charge on any atom is -0.298 e. The number of aromatic nitrogens is 2. The number of halogens is 1. The van der Waals surface area contributed by atoms with Gasteiger partial charge in [0.15, 0.2) is 0 Å². The summed E-state index contributed by atoms with van der Waals surface area (Å²) in [6.45, 7) is 0.431. The number of benzene rings is 1. The van der Waals surface area contributed by atoms with Gasteiger partial charge in [-0.1, -0.05) is 30.3 Å². The van der Waals surface area contributed by atoms with Crippen LogP contribution in [0.25, 0.3) is 0 Å². The van der Waals surface area contributed by atoms with Crippen LogP contribution in [0.5, 0.6) is 0 Å². The van der Waals surface area contributed by atoms with E-state index in [-0.39, 0.29) is 0 Å². The summed E-state index contributed by atoms with van der Waals surface area (Å²) in [5.41, 5.74) is -0.189. The molecule has 0 amide bonds. The number of nitrogens with zero attached hydrogens (tertiary/aromatic N) is 1. The highest BCUT2D eigenvalue weighted by Crippen LogP contribution is 2.49. The molecule has 1 fully saturated rings. The average Bonchev–Trinajstić information content (AvgIpc) is 3.22. The molecule has 0 bridgehead atoms. The van der Waals surface area contributed by atoms with Crippen LogP contribution >= 0.6 is 0 Å². The van der Waals surface area contributed by atoms with E-state index in [1.54, 1.807) is 0 Å². The summed E-state index contributed by atoms with van der Waals surface area (Å²) >= 11 is 0. The van der Waals surface area contributed by atoms with Crippen LogP contribution in [-0.4, -0.2) is 9.55 Å². The normalized spacial score (nSPS) is 20.9. The van der Waals surface area contributed by atoms with Crippen molar-refractivity contribution in [2.24, 2.45) is 5.92 Å². The highest BCUT2D eigenvalue weighted by atomic mass is 19.1. The summed E-state index contributed by atoms with van der Waals surface area (Å²) in [6.07, 6.45) is 2.90. The maximum atomic E-state index is 13.1. The molecule has 1 heterocycles. The third-order valence-corrected chi connectivity index (χ3v) is 3.86.